The molecule has 0 aliphatic rings. The quantitative estimate of drug-likeness (QED) is 0.827. The van der Waals surface area contributed by atoms with E-state index in [0.717, 1.165) is 6.54 Å². The lowest BCUT2D eigenvalue weighted by atomic mass is 10.2. The minimum Gasteiger partial charge on any atom is -0.370 e. The van der Waals surface area contributed by atoms with Crippen LogP contribution in [-0.2, 0) is 0 Å². The van der Waals surface area contributed by atoms with E-state index in [0.29, 0.717) is 35.7 Å². The fraction of sp³-hybridized carbons (Fsp3) is 0.643. The van der Waals surface area contributed by atoms with Gasteiger partial charge in [0.25, 0.3) is 5.91 Å². The van der Waals surface area contributed by atoms with E-state index in [1.807, 2.05) is 0 Å². The van der Waals surface area contributed by atoms with Crippen molar-refractivity contribution in [2.24, 2.45) is 11.8 Å². The molecule has 0 radical (unpaired) electrons. The van der Waals surface area contributed by atoms with Crippen LogP contribution in [-0.4, -0.2) is 29.0 Å². The van der Waals surface area contributed by atoms with Gasteiger partial charge in [0.15, 0.2) is 0 Å². The van der Waals surface area contributed by atoms with Crippen LogP contribution >= 0.6 is 0 Å². The van der Waals surface area contributed by atoms with Gasteiger partial charge in [-0.05, 0) is 18.8 Å². The molecule has 5 nitrogen and oxygen atoms in total. The van der Waals surface area contributed by atoms with Gasteiger partial charge in [-0.15, -0.1) is 0 Å². The van der Waals surface area contributed by atoms with Gasteiger partial charge >= 0.3 is 0 Å². The van der Waals surface area contributed by atoms with E-state index in [-0.39, 0.29) is 5.91 Å². The molecule has 1 rings (SSSR count). The molecule has 19 heavy (non-hydrogen) atoms. The Kier molecular flexibility index (Phi) is 5.73. The van der Waals surface area contributed by atoms with Crippen LogP contribution in [0.2, 0.25) is 0 Å². The van der Waals surface area contributed by atoms with Gasteiger partial charge in [0.05, 0.1) is 0 Å². The zero-order valence-electron chi connectivity index (χ0n) is 12.4. The van der Waals surface area contributed by atoms with Crippen molar-refractivity contribution >= 4 is 11.7 Å². The third-order valence-corrected chi connectivity index (χ3v) is 2.43. The van der Waals surface area contributed by atoms with Crippen molar-refractivity contribution in [1.29, 1.82) is 0 Å². The number of nitrogens with one attached hydrogen (secondary N) is 2. The molecule has 0 atom stereocenters. The Morgan fingerprint density at radius 1 is 1.16 bits per heavy atom. The molecule has 0 aliphatic carbocycles. The zero-order valence-corrected chi connectivity index (χ0v) is 12.4. The first kappa shape index (κ1) is 15.4. The van der Waals surface area contributed by atoms with Gasteiger partial charge in [-0.1, -0.05) is 27.7 Å². The molecule has 1 aromatic rings. The molecule has 0 fully saturated rings. The fourth-order valence-electron chi connectivity index (χ4n) is 1.47. The lowest BCUT2D eigenvalue weighted by Gasteiger charge is -2.11. The molecule has 106 valence electrons. The summed E-state index contributed by atoms with van der Waals surface area (Å²) in [6.07, 6.45) is 0. The molecule has 0 spiro atoms. The third kappa shape index (κ3) is 5.68. The van der Waals surface area contributed by atoms with Gasteiger partial charge in [-0.3, -0.25) is 4.79 Å². The molecule has 5 heteroatoms. The molecule has 0 aliphatic heterocycles. The molecule has 1 amide bonds. The Hall–Kier alpha value is -1.65. The zero-order chi connectivity index (χ0) is 14.4. The number of nitrogens with zero attached hydrogens (tertiary/aromatic N) is 2. The number of anilines is 1. The average Bonchev–Trinajstić information content (AvgIpc) is 2.32. The van der Waals surface area contributed by atoms with Crippen molar-refractivity contribution in [3.05, 3.63) is 17.6 Å². The largest absolute Gasteiger partial charge is 0.370 e. The first-order valence-corrected chi connectivity index (χ1v) is 6.76. The van der Waals surface area contributed by atoms with Gasteiger partial charge in [-0.2, -0.15) is 0 Å². The van der Waals surface area contributed by atoms with E-state index in [2.05, 4.69) is 48.3 Å². The second-order valence-electron chi connectivity index (χ2n) is 5.56. The number of aryl methyl sites for hydroxylation is 1. The first-order chi connectivity index (χ1) is 8.88. The van der Waals surface area contributed by atoms with E-state index >= 15 is 0 Å². The SMILES string of the molecule is Cc1nc(NCC(C)C)cc(C(=O)NCC(C)C)n1. The maximum absolute atomic E-state index is 12.0. The van der Waals surface area contributed by atoms with Crippen LogP contribution in [0.15, 0.2) is 6.07 Å². The summed E-state index contributed by atoms with van der Waals surface area (Å²) < 4.78 is 0. The summed E-state index contributed by atoms with van der Waals surface area (Å²) in [5, 5.41) is 6.07. The number of carbonyl (C=O) groups excluding carboxylic acids is 1. The molecule has 0 unspecified atom stereocenters. The second-order valence-corrected chi connectivity index (χ2v) is 5.56. The second kappa shape index (κ2) is 7.07. The molecule has 1 aromatic heterocycles. The summed E-state index contributed by atoms with van der Waals surface area (Å²) in [5.41, 5.74) is 0.416. The molecular weight excluding hydrogens is 240 g/mol. The van der Waals surface area contributed by atoms with Crippen molar-refractivity contribution in [2.75, 3.05) is 18.4 Å². The normalized spacial score (nSPS) is 10.9. The van der Waals surface area contributed by atoms with Gasteiger partial charge < -0.3 is 10.6 Å². The van der Waals surface area contributed by atoms with Gasteiger partial charge in [0.1, 0.15) is 17.3 Å². The number of carbonyl (C=O) groups is 1. The molecule has 1 heterocycles. The number of hydrogen-bond donors (Lipinski definition) is 2. The Labute approximate surface area is 115 Å². The van der Waals surface area contributed by atoms with E-state index in [4.69, 9.17) is 0 Å². The lowest BCUT2D eigenvalue weighted by molar-refractivity contribution is 0.0943. The maximum Gasteiger partial charge on any atom is 0.270 e. The van der Waals surface area contributed by atoms with E-state index < -0.39 is 0 Å². The van der Waals surface area contributed by atoms with Crippen molar-refractivity contribution in [2.45, 2.75) is 34.6 Å². The Bertz CT molecular complexity index is 429. The van der Waals surface area contributed by atoms with Gasteiger partial charge in [-0.25, -0.2) is 9.97 Å². The Morgan fingerprint density at radius 2 is 1.79 bits per heavy atom. The van der Waals surface area contributed by atoms with Crippen molar-refractivity contribution < 1.29 is 4.79 Å². The maximum atomic E-state index is 12.0. The minimum absolute atomic E-state index is 0.146. The van der Waals surface area contributed by atoms with Crippen LogP contribution in [0.1, 0.15) is 44.0 Å². The highest BCUT2D eigenvalue weighted by Crippen LogP contribution is 2.08. The number of aromatic nitrogens is 2. The van der Waals surface area contributed by atoms with Crippen molar-refractivity contribution in [3.63, 3.8) is 0 Å². The third-order valence-electron chi connectivity index (χ3n) is 2.43. The molecule has 0 aromatic carbocycles. The summed E-state index contributed by atoms with van der Waals surface area (Å²) >= 11 is 0. The number of hydrogen-bond acceptors (Lipinski definition) is 4. The number of rotatable bonds is 6. The smallest absolute Gasteiger partial charge is 0.270 e. The summed E-state index contributed by atoms with van der Waals surface area (Å²) in [7, 11) is 0. The van der Waals surface area contributed by atoms with E-state index in [9.17, 15) is 4.79 Å². The highest BCUT2D eigenvalue weighted by atomic mass is 16.1. The number of amides is 1. The minimum atomic E-state index is -0.146. The summed E-state index contributed by atoms with van der Waals surface area (Å²) in [6, 6.07) is 1.70. The highest BCUT2D eigenvalue weighted by molar-refractivity contribution is 5.92. The summed E-state index contributed by atoms with van der Waals surface area (Å²) in [6.45, 7) is 11.6. The van der Waals surface area contributed by atoms with E-state index in [1.165, 1.54) is 0 Å². The van der Waals surface area contributed by atoms with Crippen LogP contribution < -0.4 is 10.6 Å². The van der Waals surface area contributed by atoms with Gasteiger partial charge in [0, 0.05) is 19.2 Å². The topological polar surface area (TPSA) is 66.9 Å². The molecular formula is C14H24N4O. The Morgan fingerprint density at radius 3 is 2.37 bits per heavy atom. The summed E-state index contributed by atoms with van der Waals surface area (Å²) in [4.78, 5) is 20.4. The van der Waals surface area contributed by atoms with Crippen LogP contribution in [0.4, 0.5) is 5.82 Å². The lowest BCUT2D eigenvalue weighted by Crippen LogP contribution is -2.28. The molecule has 0 bridgehead atoms. The first-order valence-electron chi connectivity index (χ1n) is 6.76. The van der Waals surface area contributed by atoms with E-state index in [1.54, 1.807) is 13.0 Å². The fourth-order valence-corrected chi connectivity index (χ4v) is 1.47. The highest BCUT2D eigenvalue weighted by Gasteiger charge is 2.10. The van der Waals surface area contributed by atoms with Crippen LogP contribution in [0.5, 0.6) is 0 Å². The predicted molar refractivity (Wildman–Crippen MR) is 77.3 cm³/mol. The predicted octanol–water partition coefficient (Wildman–Crippen LogP) is 2.24. The van der Waals surface area contributed by atoms with Crippen LogP contribution in [0, 0.1) is 18.8 Å². The standard InChI is InChI=1S/C14H24N4O/c1-9(2)7-15-13-6-12(17-11(5)18-13)14(19)16-8-10(3)4/h6,9-10H,7-8H2,1-5H3,(H,16,19)(H,15,17,18). The molecule has 0 saturated carbocycles. The molecule has 2 N–H and O–H groups in total. The van der Waals surface area contributed by atoms with Crippen molar-refractivity contribution in [3.8, 4) is 0 Å². The Balaban J connectivity index is 2.75. The molecule has 0 saturated heterocycles. The van der Waals surface area contributed by atoms with Crippen LogP contribution in [0.3, 0.4) is 0 Å². The van der Waals surface area contributed by atoms with Crippen molar-refractivity contribution in [1.82, 2.24) is 15.3 Å². The van der Waals surface area contributed by atoms with Gasteiger partial charge in [0.2, 0.25) is 0 Å². The van der Waals surface area contributed by atoms with Crippen LogP contribution in [0.25, 0.3) is 0 Å². The summed E-state index contributed by atoms with van der Waals surface area (Å²) in [5.74, 6) is 2.10. The average molecular weight is 264 g/mol. The monoisotopic (exact) mass is 264 g/mol.